The van der Waals surface area contributed by atoms with E-state index in [4.69, 9.17) is 9.15 Å². The molecule has 29 heavy (non-hydrogen) atoms. The van der Waals surface area contributed by atoms with Gasteiger partial charge in [-0.1, -0.05) is 63.1 Å². The summed E-state index contributed by atoms with van der Waals surface area (Å²) in [4.78, 5) is 24.9. The monoisotopic (exact) mass is 393 g/mol. The molecule has 0 saturated heterocycles. The number of benzene rings is 2. The van der Waals surface area contributed by atoms with E-state index in [2.05, 4.69) is 19.2 Å². The summed E-state index contributed by atoms with van der Waals surface area (Å²) in [7, 11) is 0. The van der Waals surface area contributed by atoms with Crippen LogP contribution in [-0.2, 0) is 9.53 Å². The molecule has 1 aliphatic carbocycles. The highest BCUT2D eigenvalue weighted by Gasteiger charge is 2.28. The second kappa shape index (κ2) is 7.90. The fraction of sp³-hybridized carbons (Fsp3) is 0.417. The number of carbonyl (C=O) groups excluding carboxylic acids is 2. The van der Waals surface area contributed by atoms with Crippen molar-refractivity contribution >= 4 is 33.6 Å². The molecule has 3 aromatic rings. The minimum absolute atomic E-state index is 0.143. The fourth-order valence-corrected chi connectivity index (χ4v) is 4.37. The molecule has 1 aromatic heterocycles. The number of aryl methyl sites for hydroxylation is 1. The van der Waals surface area contributed by atoms with E-state index in [0.717, 1.165) is 34.6 Å². The summed E-state index contributed by atoms with van der Waals surface area (Å²) in [6.45, 7) is 5.93. The Morgan fingerprint density at radius 2 is 1.90 bits per heavy atom. The first-order chi connectivity index (χ1) is 14.0. The third kappa shape index (κ3) is 3.74. The van der Waals surface area contributed by atoms with Crippen LogP contribution >= 0.6 is 0 Å². The van der Waals surface area contributed by atoms with Crippen LogP contribution in [0.25, 0.3) is 21.7 Å². The molecule has 0 radical (unpaired) electrons. The van der Waals surface area contributed by atoms with Gasteiger partial charge in [0.15, 0.2) is 6.61 Å². The van der Waals surface area contributed by atoms with Crippen molar-refractivity contribution in [3.05, 3.63) is 47.7 Å². The highest BCUT2D eigenvalue weighted by atomic mass is 16.5. The van der Waals surface area contributed by atoms with E-state index in [0.29, 0.717) is 17.4 Å². The molecule has 3 atom stereocenters. The molecule has 4 rings (SSSR count). The maximum Gasteiger partial charge on any atom is 0.375 e. The van der Waals surface area contributed by atoms with E-state index >= 15 is 0 Å². The summed E-state index contributed by atoms with van der Waals surface area (Å²) >= 11 is 0. The lowest BCUT2D eigenvalue weighted by Crippen LogP contribution is -2.45. The number of ether oxygens (including phenoxy) is 1. The Morgan fingerprint density at radius 1 is 1.10 bits per heavy atom. The topological polar surface area (TPSA) is 68.5 Å². The second-order valence-electron chi connectivity index (χ2n) is 8.24. The average Bonchev–Trinajstić information content (AvgIpc) is 3.07. The minimum Gasteiger partial charge on any atom is -0.450 e. The standard InChI is InChI=1S/C24H27NO4/c1-14-7-6-10-20(15(14)2)25-21(26)13-28-24(27)22-16(3)18-12-11-17-8-4-5-9-19(17)23(18)29-22/h4-5,8-9,11-12,14-15,20H,6-7,10,13H2,1-3H3,(H,25,26)/t14-,15-,20+/m1/s1. The Labute approximate surface area is 170 Å². The molecule has 1 saturated carbocycles. The van der Waals surface area contributed by atoms with Gasteiger partial charge in [-0.3, -0.25) is 4.79 Å². The van der Waals surface area contributed by atoms with Crippen LogP contribution in [0.1, 0.15) is 49.2 Å². The SMILES string of the molecule is Cc1c(C(=O)OCC(=O)N[C@H]2CCC[C@@H](C)[C@H]2C)oc2c1ccc1ccccc12. The number of carbonyl (C=O) groups is 2. The molecule has 1 aliphatic rings. The zero-order valence-corrected chi connectivity index (χ0v) is 17.2. The van der Waals surface area contributed by atoms with Crippen LogP contribution in [0.5, 0.6) is 0 Å². The predicted molar refractivity (Wildman–Crippen MR) is 113 cm³/mol. The van der Waals surface area contributed by atoms with Gasteiger partial charge in [0.25, 0.3) is 5.91 Å². The maximum atomic E-state index is 12.6. The van der Waals surface area contributed by atoms with Crippen LogP contribution in [-0.4, -0.2) is 24.5 Å². The van der Waals surface area contributed by atoms with E-state index in [1.54, 1.807) is 0 Å². The van der Waals surface area contributed by atoms with Crippen molar-refractivity contribution in [2.24, 2.45) is 11.8 Å². The number of furan rings is 1. The Balaban J connectivity index is 1.46. The zero-order valence-electron chi connectivity index (χ0n) is 17.2. The number of amides is 1. The van der Waals surface area contributed by atoms with Crippen molar-refractivity contribution in [2.45, 2.75) is 46.1 Å². The molecule has 152 valence electrons. The number of hydrogen-bond acceptors (Lipinski definition) is 4. The van der Waals surface area contributed by atoms with Crippen molar-refractivity contribution in [2.75, 3.05) is 6.61 Å². The lowest BCUT2D eigenvalue weighted by Gasteiger charge is -2.34. The number of hydrogen-bond donors (Lipinski definition) is 1. The van der Waals surface area contributed by atoms with Gasteiger partial charge in [0.05, 0.1) is 0 Å². The third-order valence-electron chi connectivity index (χ3n) is 6.40. The highest BCUT2D eigenvalue weighted by Crippen LogP contribution is 2.32. The van der Waals surface area contributed by atoms with Crippen LogP contribution in [0.3, 0.4) is 0 Å². The van der Waals surface area contributed by atoms with Crippen molar-refractivity contribution < 1.29 is 18.7 Å². The Bertz CT molecular complexity index is 1070. The molecule has 0 aliphatic heterocycles. The molecule has 1 amide bonds. The van der Waals surface area contributed by atoms with Crippen molar-refractivity contribution in [1.29, 1.82) is 0 Å². The Morgan fingerprint density at radius 3 is 2.72 bits per heavy atom. The predicted octanol–water partition coefficient (Wildman–Crippen LogP) is 4.99. The van der Waals surface area contributed by atoms with Crippen LogP contribution in [0.2, 0.25) is 0 Å². The molecular formula is C24H27NO4. The molecule has 0 unspecified atom stereocenters. The maximum absolute atomic E-state index is 12.6. The number of fused-ring (bicyclic) bond motifs is 3. The highest BCUT2D eigenvalue weighted by molar-refractivity contribution is 6.08. The number of nitrogens with one attached hydrogen (secondary N) is 1. The summed E-state index contributed by atoms with van der Waals surface area (Å²) < 4.78 is 11.2. The molecule has 1 fully saturated rings. The molecule has 2 aromatic carbocycles. The first kappa shape index (κ1) is 19.5. The smallest absolute Gasteiger partial charge is 0.375 e. The normalized spacial score (nSPS) is 22.0. The summed E-state index contributed by atoms with van der Waals surface area (Å²) in [5.41, 5.74) is 1.40. The lowest BCUT2D eigenvalue weighted by molar-refractivity contribution is -0.125. The van der Waals surface area contributed by atoms with E-state index in [-0.39, 0.29) is 24.3 Å². The minimum atomic E-state index is -0.608. The van der Waals surface area contributed by atoms with Crippen molar-refractivity contribution in [3.8, 4) is 0 Å². The third-order valence-corrected chi connectivity index (χ3v) is 6.40. The lowest BCUT2D eigenvalue weighted by atomic mass is 9.78. The Hall–Kier alpha value is -2.82. The number of esters is 1. The van der Waals surface area contributed by atoms with Gasteiger partial charge in [0, 0.05) is 22.4 Å². The van der Waals surface area contributed by atoms with Crippen LogP contribution in [0, 0.1) is 18.8 Å². The van der Waals surface area contributed by atoms with Gasteiger partial charge in [0.2, 0.25) is 5.76 Å². The first-order valence-electron chi connectivity index (χ1n) is 10.3. The van der Waals surface area contributed by atoms with Gasteiger partial charge >= 0.3 is 5.97 Å². The largest absolute Gasteiger partial charge is 0.450 e. The van der Waals surface area contributed by atoms with Crippen LogP contribution in [0.15, 0.2) is 40.8 Å². The van der Waals surface area contributed by atoms with Gasteiger partial charge in [-0.2, -0.15) is 0 Å². The van der Waals surface area contributed by atoms with E-state index in [1.165, 1.54) is 6.42 Å². The first-order valence-corrected chi connectivity index (χ1v) is 10.3. The van der Waals surface area contributed by atoms with Crippen molar-refractivity contribution in [1.82, 2.24) is 5.32 Å². The van der Waals surface area contributed by atoms with Gasteiger partial charge in [-0.05, 0) is 30.6 Å². The zero-order chi connectivity index (χ0) is 20.5. The molecular weight excluding hydrogens is 366 g/mol. The van der Waals surface area contributed by atoms with Gasteiger partial charge in [-0.15, -0.1) is 0 Å². The quantitative estimate of drug-likeness (QED) is 0.634. The number of rotatable bonds is 4. The van der Waals surface area contributed by atoms with Crippen LogP contribution < -0.4 is 5.32 Å². The van der Waals surface area contributed by atoms with E-state index < -0.39 is 5.97 Å². The Kier molecular flexibility index (Phi) is 5.31. The molecule has 1 heterocycles. The van der Waals surface area contributed by atoms with Crippen LogP contribution in [0.4, 0.5) is 0 Å². The molecule has 1 N–H and O–H groups in total. The van der Waals surface area contributed by atoms with E-state index in [9.17, 15) is 9.59 Å². The molecule has 5 nitrogen and oxygen atoms in total. The van der Waals surface area contributed by atoms with Gasteiger partial charge in [-0.25, -0.2) is 4.79 Å². The summed E-state index contributed by atoms with van der Waals surface area (Å²) in [5.74, 6) is 0.300. The average molecular weight is 393 g/mol. The second-order valence-corrected chi connectivity index (χ2v) is 8.24. The van der Waals surface area contributed by atoms with Crippen molar-refractivity contribution in [3.63, 3.8) is 0 Å². The fourth-order valence-electron chi connectivity index (χ4n) is 4.37. The van der Waals surface area contributed by atoms with Gasteiger partial charge < -0.3 is 14.5 Å². The summed E-state index contributed by atoms with van der Waals surface area (Å²) in [6.07, 6.45) is 3.28. The summed E-state index contributed by atoms with van der Waals surface area (Å²) in [5, 5.41) is 5.90. The molecule has 5 heteroatoms. The molecule has 0 spiro atoms. The molecule has 0 bridgehead atoms. The van der Waals surface area contributed by atoms with Gasteiger partial charge in [0.1, 0.15) is 5.58 Å². The van der Waals surface area contributed by atoms with E-state index in [1.807, 2.05) is 43.3 Å². The summed E-state index contributed by atoms with van der Waals surface area (Å²) in [6, 6.07) is 12.0.